The number of nitrogens with one attached hydrogen (secondary N) is 1. The van der Waals surface area contributed by atoms with E-state index in [-0.39, 0.29) is 0 Å². The van der Waals surface area contributed by atoms with Crippen molar-refractivity contribution in [3.63, 3.8) is 0 Å². The van der Waals surface area contributed by atoms with Crippen LogP contribution in [0.5, 0.6) is 0 Å². The van der Waals surface area contributed by atoms with Gasteiger partial charge in [-0.15, -0.1) is 0 Å². The molecule has 32 heavy (non-hydrogen) atoms. The van der Waals surface area contributed by atoms with E-state index in [2.05, 4.69) is 16.5 Å². The molecule has 0 radical (unpaired) electrons. The number of carboxylic acid groups (broad SMARTS) is 2. The molecule has 0 amide bonds. The fourth-order valence-corrected chi connectivity index (χ4v) is 3.60. The van der Waals surface area contributed by atoms with Crippen molar-refractivity contribution in [3.8, 4) is 0 Å². The predicted molar refractivity (Wildman–Crippen MR) is 113 cm³/mol. The molecule has 1 saturated heterocycles. The van der Waals surface area contributed by atoms with E-state index < -0.39 is 35.9 Å². The topological polar surface area (TPSA) is 130 Å². The highest BCUT2D eigenvalue weighted by atomic mass is 32.2. The highest BCUT2D eigenvalue weighted by Gasteiger charge is 2.34. The number of carboxylic acids is 2. The summed E-state index contributed by atoms with van der Waals surface area (Å²) in [5.74, 6) is -2.50. The smallest absolute Gasteiger partial charge is 0.416 e. The Labute approximate surface area is 188 Å². The molecule has 5 N–H and O–H groups in total. The summed E-state index contributed by atoms with van der Waals surface area (Å²) >= 11 is 1.78. The minimum atomic E-state index is -4.28. The van der Waals surface area contributed by atoms with E-state index in [1.807, 2.05) is 0 Å². The summed E-state index contributed by atoms with van der Waals surface area (Å²) in [4.78, 5) is 21.8. The van der Waals surface area contributed by atoms with Gasteiger partial charge >= 0.3 is 18.1 Å². The van der Waals surface area contributed by atoms with Crippen LogP contribution in [0.2, 0.25) is 0 Å². The van der Waals surface area contributed by atoms with Gasteiger partial charge in [-0.3, -0.25) is 4.90 Å². The standard InChI is InChI=1S/C16H23F3N2S.C4H6O6/c1-22-10-4-9-21(14-7-8-20-11-14)12-13-5-2-3-6-15(13)16(17,18)19;5-1(3(7)8)2(6)4(9)10/h2-3,5-6,14,20H,4,7-12H2,1H3;1-2,5-6H,(H,7,8)(H,9,10)/t14-;/m0./s1. The first-order valence-electron chi connectivity index (χ1n) is 9.89. The molecule has 1 fully saturated rings. The maximum Gasteiger partial charge on any atom is 0.416 e. The maximum atomic E-state index is 13.1. The molecule has 1 aliphatic rings. The molecule has 0 aliphatic carbocycles. The minimum Gasteiger partial charge on any atom is -0.479 e. The van der Waals surface area contributed by atoms with Gasteiger partial charge in [-0.1, -0.05) is 18.2 Å². The molecule has 182 valence electrons. The van der Waals surface area contributed by atoms with Crippen LogP contribution in [0.15, 0.2) is 24.3 Å². The van der Waals surface area contributed by atoms with Crippen molar-refractivity contribution in [1.82, 2.24) is 10.2 Å². The Kier molecular flexibility index (Phi) is 12.0. The van der Waals surface area contributed by atoms with Gasteiger partial charge in [-0.25, -0.2) is 9.59 Å². The van der Waals surface area contributed by atoms with Crippen LogP contribution in [0.4, 0.5) is 13.2 Å². The van der Waals surface area contributed by atoms with Gasteiger partial charge in [0, 0.05) is 19.1 Å². The third kappa shape index (κ3) is 9.33. The second-order valence-corrected chi connectivity index (χ2v) is 8.17. The van der Waals surface area contributed by atoms with Gasteiger partial charge in [0.1, 0.15) is 0 Å². The Morgan fingerprint density at radius 1 is 1.19 bits per heavy atom. The predicted octanol–water partition coefficient (Wildman–Crippen LogP) is 1.50. The Morgan fingerprint density at radius 2 is 1.78 bits per heavy atom. The maximum absolute atomic E-state index is 13.1. The summed E-state index contributed by atoms with van der Waals surface area (Å²) in [7, 11) is 0. The number of benzene rings is 1. The van der Waals surface area contributed by atoms with Crippen LogP contribution in [-0.2, 0) is 22.3 Å². The lowest BCUT2D eigenvalue weighted by atomic mass is 10.1. The van der Waals surface area contributed by atoms with Crippen molar-refractivity contribution < 1.29 is 43.2 Å². The van der Waals surface area contributed by atoms with Crippen molar-refractivity contribution in [3.05, 3.63) is 35.4 Å². The number of thioether (sulfide) groups is 1. The van der Waals surface area contributed by atoms with E-state index in [1.165, 1.54) is 12.1 Å². The monoisotopic (exact) mass is 482 g/mol. The summed E-state index contributed by atoms with van der Waals surface area (Å²) in [5.41, 5.74) is -0.123. The summed E-state index contributed by atoms with van der Waals surface area (Å²) < 4.78 is 39.4. The normalized spacial score (nSPS) is 18.0. The Balaban J connectivity index is 0.000000433. The Morgan fingerprint density at radius 3 is 2.25 bits per heavy atom. The van der Waals surface area contributed by atoms with Crippen molar-refractivity contribution in [2.45, 2.75) is 43.8 Å². The number of hydrogen-bond acceptors (Lipinski definition) is 7. The molecule has 2 rings (SSSR count). The molecular weight excluding hydrogens is 453 g/mol. The van der Waals surface area contributed by atoms with Gasteiger partial charge in [0.2, 0.25) is 0 Å². The first-order valence-corrected chi connectivity index (χ1v) is 11.3. The number of nitrogens with zero attached hydrogens (tertiary/aromatic N) is 1. The number of alkyl halides is 3. The first kappa shape index (κ1) is 28.2. The number of aliphatic carboxylic acids is 2. The van der Waals surface area contributed by atoms with Crippen LogP contribution in [-0.4, -0.2) is 87.2 Å². The molecule has 1 heterocycles. The molecule has 1 aromatic carbocycles. The average Bonchev–Trinajstić information content (AvgIpc) is 3.26. The third-order valence-electron chi connectivity index (χ3n) is 4.85. The molecule has 3 atom stereocenters. The van der Waals surface area contributed by atoms with Gasteiger partial charge < -0.3 is 25.7 Å². The van der Waals surface area contributed by atoms with E-state index in [0.29, 0.717) is 18.2 Å². The van der Waals surface area contributed by atoms with E-state index in [9.17, 15) is 22.8 Å². The van der Waals surface area contributed by atoms with Crippen LogP contribution in [0, 0.1) is 0 Å². The average molecular weight is 483 g/mol. The number of aliphatic hydroxyl groups is 2. The zero-order chi connectivity index (χ0) is 24.3. The summed E-state index contributed by atoms with van der Waals surface area (Å²) in [6.07, 6.45) is -4.75. The Bertz CT molecular complexity index is 714. The SMILES string of the molecule is CSCCCN(Cc1ccccc1C(F)(F)F)[C@H]1CCNC1.O=C(O)C(O)C(O)C(=O)O. The van der Waals surface area contributed by atoms with Crippen LogP contribution in [0.3, 0.4) is 0 Å². The van der Waals surface area contributed by atoms with Crippen molar-refractivity contribution >= 4 is 23.7 Å². The van der Waals surface area contributed by atoms with E-state index in [1.54, 1.807) is 23.9 Å². The van der Waals surface area contributed by atoms with Gasteiger partial charge in [0.15, 0.2) is 12.2 Å². The zero-order valence-corrected chi connectivity index (χ0v) is 18.4. The molecule has 0 spiro atoms. The molecular formula is C20H29F3N2O6S. The molecule has 8 nitrogen and oxygen atoms in total. The Hall–Kier alpha value is -1.86. The number of carbonyl (C=O) groups is 2. The zero-order valence-electron chi connectivity index (χ0n) is 17.6. The summed E-state index contributed by atoms with van der Waals surface area (Å²) in [6.45, 7) is 3.04. The second-order valence-electron chi connectivity index (χ2n) is 7.18. The van der Waals surface area contributed by atoms with Gasteiger partial charge in [-0.2, -0.15) is 24.9 Å². The number of rotatable bonds is 10. The summed E-state index contributed by atoms with van der Waals surface area (Å²) in [5, 5.41) is 35.8. The lowest BCUT2D eigenvalue weighted by Gasteiger charge is -2.29. The van der Waals surface area contributed by atoms with Gasteiger partial charge in [-0.05, 0) is 49.6 Å². The lowest BCUT2D eigenvalue weighted by Crippen LogP contribution is -2.39. The molecule has 1 aromatic rings. The molecule has 1 aliphatic heterocycles. The molecule has 0 aromatic heterocycles. The molecule has 0 bridgehead atoms. The number of aliphatic hydroxyl groups excluding tert-OH is 2. The quantitative estimate of drug-likeness (QED) is 0.315. The van der Waals surface area contributed by atoms with Crippen LogP contribution in [0.25, 0.3) is 0 Å². The largest absolute Gasteiger partial charge is 0.479 e. The highest BCUT2D eigenvalue weighted by Crippen LogP contribution is 2.32. The summed E-state index contributed by atoms with van der Waals surface area (Å²) in [6, 6.07) is 6.27. The third-order valence-corrected chi connectivity index (χ3v) is 5.54. The van der Waals surface area contributed by atoms with Crippen molar-refractivity contribution in [1.29, 1.82) is 0 Å². The van der Waals surface area contributed by atoms with Crippen molar-refractivity contribution in [2.75, 3.05) is 31.6 Å². The van der Waals surface area contributed by atoms with Crippen LogP contribution in [0.1, 0.15) is 24.0 Å². The highest BCUT2D eigenvalue weighted by molar-refractivity contribution is 7.98. The van der Waals surface area contributed by atoms with Gasteiger partial charge in [0.25, 0.3) is 0 Å². The lowest BCUT2D eigenvalue weighted by molar-refractivity contribution is -0.165. The van der Waals surface area contributed by atoms with Crippen LogP contribution < -0.4 is 5.32 Å². The number of halogens is 3. The fraction of sp³-hybridized carbons (Fsp3) is 0.600. The van der Waals surface area contributed by atoms with Crippen LogP contribution >= 0.6 is 11.8 Å². The molecule has 0 saturated carbocycles. The fourth-order valence-electron chi connectivity index (χ4n) is 3.18. The second kappa shape index (κ2) is 13.6. The number of hydrogen-bond donors (Lipinski definition) is 5. The van der Waals surface area contributed by atoms with Crippen molar-refractivity contribution in [2.24, 2.45) is 0 Å². The van der Waals surface area contributed by atoms with Gasteiger partial charge in [0.05, 0.1) is 5.56 Å². The van der Waals surface area contributed by atoms with E-state index >= 15 is 0 Å². The van der Waals surface area contributed by atoms with E-state index in [4.69, 9.17) is 20.4 Å². The minimum absolute atomic E-state index is 0.336. The molecule has 12 heteroatoms. The first-order chi connectivity index (χ1) is 15.0. The van der Waals surface area contributed by atoms with E-state index in [0.717, 1.165) is 38.2 Å². The molecule has 2 unspecified atom stereocenters.